The Hall–Kier alpha value is -2.90. The molecular weight excluding hydrogens is 366 g/mol. The summed E-state index contributed by atoms with van der Waals surface area (Å²) in [6.07, 6.45) is 0. The zero-order valence-electron chi connectivity index (χ0n) is 14.7. The lowest BCUT2D eigenvalue weighted by Crippen LogP contribution is -2.28. The second kappa shape index (κ2) is 7.02. The molecule has 0 saturated carbocycles. The molecular formula is C19H18ClN5O2. The molecule has 0 aliphatic carbocycles. The van der Waals surface area contributed by atoms with Crippen LogP contribution in [0.15, 0.2) is 42.5 Å². The largest absolute Gasteiger partial charge is 0.395 e. The fourth-order valence-corrected chi connectivity index (χ4v) is 3.49. The van der Waals surface area contributed by atoms with Crippen LogP contribution in [0.4, 0.5) is 0 Å². The molecule has 0 unspecified atom stereocenters. The third kappa shape index (κ3) is 3.15. The normalized spacial score (nSPS) is 11.4. The van der Waals surface area contributed by atoms with E-state index in [1.807, 2.05) is 58.4 Å². The summed E-state index contributed by atoms with van der Waals surface area (Å²) in [5, 5.41) is 20.7. The van der Waals surface area contributed by atoms with Gasteiger partial charge < -0.3 is 15.0 Å². The van der Waals surface area contributed by atoms with E-state index in [2.05, 4.69) is 15.5 Å². The van der Waals surface area contributed by atoms with E-state index in [0.29, 0.717) is 17.3 Å². The predicted molar refractivity (Wildman–Crippen MR) is 103 cm³/mol. The molecule has 0 atom stereocenters. The van der Waals surface area contributed by atoms with Crippen LogP contribution < -0.4 is 5.32 Å². The average Bonchev–Trinajstić information content (AvgIpc) is 3.21. The van der Waals surface area contributed by atoms with Crippen molar-refractivity contribution in [3.05, 3.63) is 64.6 Å². The monoisotopic (exact) mass is 383 g/mol. The van der Waals surface area contributed by atoms with E-state index in [9.17, 15) is 4.79 Å². The minimum absolute atomic E-state index is 0.116. The summed E-state index contributed by atoms with van der Waals surface area (Å²) >= 11 is 6.12. The van der Waals surface area contributed by atoms with Crippen LogP contribution in [-0.4, -0.2) is 43.3 Å². The molecule has 0 fully saturated rings. The minimum atomic E-state index is -0.249. The van der Waals surface area contributed by atoms with Crippen molar-refractivity contribution < 1.29 is 9.90 Å². The minimum Gasteiger partial charge on any atom is -0.395 e. The number of aliphatic hydroxyl groups excluding tert-OH is 1. The van der Waals surface area contributed by atoms with Crippen LogP contribution >= 0.6 is 11.6 Å². The van der Waals surface area contributed by atoms with Crippen molar-refractivity contribution in [2.75, 3.05) is 13.2 Å². The highest BCUT2D eigenvalue weighted by atomic mass is 35.5. The number of aryl methyl sites for hydroxylation is 1. The van der Waals surface area contributed by atoms with Gasteiger partial charge in [-0.05, 0) is 42.8 Å². The molecule has 7 nitrogen and oxygen atoms in total. The van der Waals surface area contributed by atoms with Crippen LogP contribution in [0.5, 0.6) is 0 Å². The van der Waals surface area contributed by atoms with Crippen molar-refractivity contribution in [1.29, 1.82) is 0 Å². The standard InChI is InChI=1S/C19H18ClN5O2/c1-12-22-23-18-6-5-15-16(25(12)18)10-17(19(27)21-7-8-26)24(15)11-13-3-2-4-14(20)9-13/h2-6,9-10,26H,7-8,11H2,1H3,(H,21,27). The number of rotatable bonds is 5. The highest BCUT2D eigenvalue weighted by molar-refractivity contribution is 6.30. The fourth-order valence-electron chi connectivity index (χ4n) is 3.28. The Labute approximate surface area is 160 Å². The first-order valence-electron chi connectivity index (χ1n) is 8.56. The molecule has 4 aromatic rings. The van der Waals surface area contributed by atoms with E-state index in [-0.39, 0.29) is 19.1 Å². The lowest BCUT2D eigenvalue weighted by atomic mass is 10.2. The maximum atomic E-state index is 12.7. The summed E-state index contributed by atoms with van der Waals surface area (Å²) in [5.41, 5.74) is 3.95. The third-order valence-electron chi connectivity index (χ3n) is 4.46. The van der Waals surface area contributed by atoms with Crippen molar-refractivity contribution >= 4 is 34.2 Å². The number of fused-ring (bicyclic) bond motifs is 3. The summed E-state index contributed by atoms with van der Waals surface area (Å²) in [7, 11) is 0. The van der Waals surface area contributed by atoms with Gasteiger partial charge in [0, 0.05) is 18.1 Å². The van der Waals surface area contributed by atoms with Crippen LogP contribution in [0.2, 0.25) is 5.02 Å². The molecule has 0 radical (unpaired) electrons. The lowest BCUT2D eigenvalue weighted by molar-refractivity contribution is 0.0936. The number of nitrogens with one attached hydrogen (secondary N) is 1. The summed E-state index contributed by atoms with van der Waals surface area (Å²) in [5.74, 6) is 0.499. The smallest absolute Gasteiger partial charge is 0.268 e. The highest BCUT2D eigenvalue weighted by Gasteiger charge is 2.18. The molecule has 0 bridgehead atoms. The molecule has 1 amide bonds. The van der Waals surface area contributed by atoms with Gasteiger partial charge in [-0.2, -0.15) is 0 Å². The number of amides is 1. The first kappa shape index (κ1) is 17.5. The molecule has 8 heteroatoms. The maximum Gasteiger partial charge on any atom is 0.268 e. The van der Waals surface area contributed by atoms with Gasteiger partial charge >= 0.3 is 0 Å². The number of aromatic nitrogens is 4. The van der Waals surface area contributed by atoms with Gasteiger partial charge in [-0.15, -0.1) is 10.2 Å². The molecule has 0 aliphatic rings. The van der Waals surface area contributed by atoms with Gasteiger partial charge in [0.15, 0.2) is 5.65 Å². The Morgan fingerprint density at radius 2 is 2.04 bits per heavy atom. The summed E-state index contributed by atoms with van der Waals surface area (Å²) in [4.78, 5) is 12.7. The van der Waals surface area contributed by atoms with E-state index in [1.165, 1.54) is 0 Å². The summed E-state index contributed by atoms with van der Waals surface area (Å²) in [6, 6.07) is 13.2. The number of carbonyl (C=O) groups is 1. The molecule has 27 heavy (non-hydrogen) atoms. The van der Waals surface area contributed by atoms with Crippen LogP contribution in [-0.2, 0) is 6.54 Å². The molecule has 0 spiro atoms. The van der Waals surface area contributed by atoms with Crippen molar-refractivity contribution in [3.8, 4) is 0 Å². The van der Waals surface area contributed by atoms with Crippen molar-refractivity contribution in [2.24, 2.45) is 0 Å². The summed E-state index contributed by atoms with van der Waals surface area (Å²) < 4.78 is 3.86. The van der Waals surface area contributed by atoms with Crippen molar-refractivity contribution in [2.45, 2.75) is 13.5 Å². The van der Waals surface area contributed by atoms with Crippen molar-refractivity contribution in [3.63, 3.8) is 0 Å². The van der Waals surface area contributed by atoms with Gasteiger partial charge in [-0.3, -0.25) is 9.20 Å². The van der Waals surface area contributed by atoms with Crippen LogP contribution in [0, 0.1) is 6.92 Å². The lowest BCUT2D eigenvalue weighted by Gasteiger charge is -2.11. The zero-order chi connectivity index (χ0) is 19.0. The fraction of sp³-hybridized carbons (Fsp3) is 0.211. The number of carbonyl (C=O) groups excluding carboxylic acids is 1. The molecule has 3 aromatic heterocycles. The SMILES string of the molecule is Cc1nnc2ccc3c(cc(C(=O)NCCO)n3Cc3cccc(Cl)c3)n12. The highest BCUT2D eigenvalue weighted by Crippen LogP contribution is 2.24. The van der Waals surface area contributed by atoms with Gasteiger partial charge in [0.2, 0.25) is 0 Å². The third-order valence-corrected chi connectivity index (χ3v) is 4.69. The van der Waals surface area contributed by atoms with Crippen LogP contribution in [0.25, 0.3) is 16.7 Å². The zero-order valence-corrected chi connectivity index (χ0v) is 15.4. The topological polar surface area (TPSA) is 84.4 Å². The number of hydrogen-bond donors (Lipinski definition) is 2. The molecule has 0 saturated heterocycles. The van der Waals surface area contributed by atoms with E-state index in [1.54, 1.807) is 0 Å². The molecule has 138 valence electrons. The summed E-state index contributed by atoms with van der Waals surface area (Å²) in [6.45, 7) is 2.44. The Balaban J connectivity index is 1.91. The average molecular weight is 384 g/mol. The van der Waals surface area contributed by atoms with Gasteiger partial charge in [-0.25, -0.2) is 0 Å². The molecule has 1 aromatic carbocycles. The van der Waals surface area contributed by atoms with E-state index >= 15 is 0 Å². The first-order valence-corrected chi connectivity index (χ1v) is 8.94. The Bertz CT molecular complexity index is 1150. The second-order valence-electron chi connectivity index (χ2n) is 6.27. The second-order valence-corrected chi connectivity index (χ2v) is 6.71. The number of halogens is 1. The number of hydrogen-bond acceptors (Lipinski definition) is 4. The number of nitrogens with zero attached hydrogens (tertiary/aromatic N) is 4. The van der Waals surface area contributed by atoms with Crippen molar-refractivity contribution in [1.82, 2.24) is 24.5 Å². The number of aliphatic hydroxyl groups is 1. The van der Waals surface area contributed by atoms with Crippen LogP contribution in [0.1, 0.15) is 21.9 Å². The van der Waals surface area contributed by atoms with Crippen LogP contribution in [0.3, 0.4) is 0 Å². The molecule has 0 aliphatic heterocycles. The maximum absolute atomic E-state index is 12.7. The molecule has 4 rings (SSSR count). The Kier molecular flexibility index (Phi) is 4.55. The van der Waals surface area contributed by atoms with E-state index in [0.717, 1.165) is 28.1 Å². The quantitative estimate of drug-likeness (QED) is 0.554. The van der Waals surface area contributed by atoms with Gasteiger partial charge in [0.05, 0.1) is 17.6 Å². The van der Waals surface area contributed by atoms with Gasteiger partial charge in [-0.1, -0.05) is 23.7 Å². The predicted octanol–water partition coefficient (Wildman–Crippen LogP) is 2.42. The Morgan fingerprint density at radius 3 is 2.81 bits per heavy atom. The molecule has 3 heterocycles. The van der Waals surface area contributed by atoms with Gasteiger partial charge in [0.25, 0.3) is 5.91 Å². The van der Waals surface area contributed by atoms with Gasteiger partial charge in [0.1, 0.15) is 11.5 Å². The first-order chi connectivity index (χ1) is 13.1. The van der Waals surface area contributed by atoms with E-state index in [4.69, 9.17) is 16.7 Å². The Morgan fingerprint density at radius 1 is 1.19 bits per heavy atom. The number of benzene rings is 1. The number of pyridine rings is 1. The van der Waals surface area contributed by atoms with E-state index < -0.39 is 0 Å². The molecule has 2 N–H and O–H groups in total.